The van der Waals surface area contributed by atoms with Gasteiger partial charge in [0.25, 0.3) is 10.0 Å². The van der Waals surface area contributed by atoms with Crippen molar-refractivity contribution in [1.29, 1.82) is 0 Å². The van der Waals surface area contributed by atoms with Crippen LogP contribution in [0.3, 0.4) is 0 Å². The van der Waals surface area contributed by atoms with Gasteiger partial charge in [-0.2, -0.15) is 0 Å². The molecule has 3 aromatic carbocycles. The fourth-order valence-corrected chi connectivity index (χ4v) is 5.96. The van der Waals surface area contributed by atoms with E-state index in [-0.39, 0.29) is 17.3 Å². The van der Waals surface area contributed by atoms with E-state index in [2.05, 4.69) is 21.2 Å². The van der Waals surface area contributed by atoms with Crippen molar-refractivity contribution < 1.29 is 22.7 Å². The first-order chi connectivity index (χ1) is 19.2. The molecule has 0 radical (unpaired) electrons. The lowest BCUT2D eigenvalue weighted by Crippen LogP contribution is -2.51. The number of anilines is 1. The zero-order valence-corrected chi connectivity index (χ0v) is 25.4. The van der Waals surface area contributed by atoms with E-state index in [4.69, 9.17) is 4.74 Å². The zero-order valence-electron chi connectivity index (χ0n) is 23.0. The van der Waals surface area contributed by atoms with Crippen LogP contribution in [0.5, 0.6) is 5.75 Å². The van der Waals surface area contributed by atoms with Crippen molar-refractivity contribution in [2.45, 2.75) is 51.1 Å². The molecule has 0 aliphatic heterocycles. The van der Waals surface area contributed by atoms with Crippen LogP contribution >= 0.6 is 15.9 Å². The first kappa shape index (κ1) is 31.2. The molecule has 0 aliphatic rings. The van der Waals surface area contributed by atoms with Crippen molar-refractivity contribution in [3.8, 4) is 5.75 Å². The summed E-state index contributed by atoms with van der Waals surface area (Å²) in [6.07, 6.45) is 1.74. The van der Waals surface area contributed by atoms with Crippen LogP contribution in [0.2, 0.25) is 0 Å². The summed E-state index contributed by atoms with van der Waals surface area (Å²) in [6.45, 7) is 6.14. The molecule has 0 saturated carbocycles. The summed E-state index contributed by atoms with van der Waals surface area (Å²) in [4.78, 5) is 28.5. The molecule has 0 heterocycles. The first-order valence-electron chi connectivity index (χ1n) is 13.3. The zero-order chi connectivity index (χ0) is 29.1. The number of rotatable bonds is 14. The van der Waals surface area contributed by atoms with Crippen molar-refractivity contribution >= 4 is 43.5 Å². The maximum Gasteiger partial charge on any atom is 0.264 e. The lowest BCUT2D eigenvalue weighted by Gasteiger charge is -2.32. The van der Waals surface area contributed by atoms with Crippen molar-refractivity contribution in [3.05, 3.63) is 88.9 Å². The number of ether oxygens (including phenoxy) is 1. The monoisotopic (exact) mass is 629 g/mol. The number of nitrogens with zero attached hydrogens (tertiary/aromatic N) is 2. The van der Waals surface area contributed by atoms with Gasteiger partial charge in [0.1, 0.15) is 18.3 Å². The molecule has 3 rings (SSSR count). The Hall–Kier alpha value is -3.37. The number of amides is 2. The Morgan fingerprint density at radius 1 is 0.975 bits per heavy atom. The molecule has 0 aliphatic carbocycles. The van der Waals surface area contributed by atoms with Gasteiger partial charge in [0.05, 0.1) is 17.2 Å². The quantitative estimate of drug-likeness (QED) is 0.242. The van der Waals surface area contributed by atoms with Gasteiger partial charge in [-0.05, 0) is 74.4 Å². The molecule has 3 aromatic rings. The first-order valence-corrected chi connectivity index (χ1v) is 15.5. The van der Waals surface area contributed by atoms with E-state index >= 15 is 0 Å². The fraction of sp³-hybridized carbons (Fsp3) is 0.333. The van der Waals surface area contributed by atoms with Gasteiger partial charge in [-0.3, -0.25) is 13.9 Å². The Bertz CT molecular complexity index is 1370. The third-order valence-corrected chi connectivity index (χ3v) is 8.57. The van der Waals surface area contributed by atoms with Crippen LogP contribution in [0.15, 0.2) is 88.2 Å². The van der Waals surface area contributed by atoms with Crippen LogP contribution in [0.4, 0.5) is 5.69 Å². The van der Waals surface area contributed by atoms with E-state index in [9.17, 15) is 18.0 Å². The summed E-state index contributed by atoms with van der Waals surface area (Å²) in [7, 11) is -4.11. The standard InChI is InChI=1S/C30H36BrN3O5S/c1-4-6-19-32-30(36)23(3)33(21-24-11-10-12-25(31)20-24)29(35)22-34(26-15-17-27(18-16-26)39-5-2)40(37,38)28-13-8-7-9-14-28/h7-18,20,23H,4-6,19,21-22H2,1-3H3,(H,32,36). The van der Waals surface area contributed by atoms with Crippen LogP contribution in [0, 0.1) is 0 Å². The van der Waals surface area contributed by atoms with Gasteiger partial charge in [-0.1, -0.05) is 59.6 Å². The Balaban J connectivity index is 1.99. The second-order valence-corrected chi connectivity index (χ2v) is 12.0. The lowest BCUT2D eigenvalue weighted by molar-refractivity contribution is -0.139. The minimum absolute atomic E-state index is 0.0561. The molecule has 0 bridgehead atoms. The third-order valence-electron chi connectivity index (χ3n) is 6.28. The molecule has 0 saturated heterocycles. The molecule has 8 nitrogen and oxygen atoms in total. The van der Waals surface area contributed by atoms with Crippen LogP contribution in [-0.4, -0.2) is 50.9 Å². The molecule has 214 valence electrons. The minimum Gasteiger partial charge on any atom is -0.494 e. The molecule has 1 atom stereocenters. The number of sulfonamides is 1. The normalized spacial score (nSPS) is 11.9. The molecule has 0 aromatic heterocycles. The molecule has 10 heteroatoms. The molecule has 0 fully saturated rings. The van der Waals surface area contributed by atoms with E-state index in [0.717, 1.165) is 27.2 Å². The average Bonchev–Trinajstić information content (AvgIpc) is 2.95. The van der Waals surface area contributed by atoms with E-state index < -0.39 is 28.5 Å². The van der Waals surface area contributed by atoms with Crippen LogP contribution in [0.1, 0.15) is 39.2 Å². The lowest BCUT2D eigenvalue weighted by atomic mass is 10.1. The minimum atomic E-state index is -4.11. The Labute approximate surface area is 245 Å². The van der Waals surface area contributed by atoms with E-state index in [0.29, 0.717) is 24.6 Å². The van der Waals surface area contributed by atoms with Crippen molar-refractivity contribution in [3.63, 3.8) is 0 Å². The molecular formula is C30H36BrN3O5S. The van der Waals surface area contributed by atoms with Crippen LogP contribution in [0.25, 0.3) is 0 Å². The second-order valence-electron chi connectivity index (χ2n) is 9.22. The smallest absolute Gasteiger partial charge is 0.264 e. The maximum absolute atomic E-state index is 13.9. The number of hydrogen-bond donors (Lipinski definition) is 1. The Kier molecular flexibility index (Phi) is 11.6. The number of nitrogens with one attached hydrogen (secondary N) is 1. The van der Waals surface area contributed by atoms with Gasteiger partial charge < -0.3 is 15.0 Å². The maximum atomic E-state index is 13.9. The molecular weight excluding hydrogens is 594 g/mol. The molecule has 2 amide bonds. The number of carbonyl (C=O) groups is 2. The summed E-state index contributed by atoms with van der Waals surface area (Å²) in [6, 6.07) is 21.1. The van der Waals surface area contributed by atoms with E-state index in [1.807, 2.05) is 38.1 Å². The summed E-state index contributed by atoms with van der Waals surface area (Å²) >= 11 is 3.46. The topological polar surface area (TPSA) is 96.0 Å². The van der Waals surface area contributed by atoms with Gasteiger partial charge in [-0.25, -0.2) is 8.42 Å². The van der Waals surface area contributed by atoms with E-state index in [1.54, 1.807) is 49.4 Å². The van der Waals surface area contributed by atoms with Gasteiger partial charge in [-0.15, -0.1) is 0 Å². The summed E-state index contributed by atoms with van der Waals surface area (Å²) < 4.78 is 35.1. The third kappa shape index (κ3) is 8.32. The highest BCUT2D eigenvalue weighted by molar-refractivity contribution is 9.10. The van der Waals surface area contributed by atoms with Crippen molar-refractivity contribution in [2.75, 3.05) is 24.0 Å². The Morgan fingerprint density at radius 2 is 1.68 bits per heavy atom. The molecule has 0 spiro atoms. The van der Waals surface area contributed by atoms with Crippen LogP contribution < -0.4 is 14.4 Å². The summed E-state index contributed by atoms with van der Waals surface area (Å²) in [5, 5.41) is 2.89. The number of halogens is 1. The van der Waals surface area contributed by atoms with Crippen LogP contribution in [-0.2, 0) is 26.2 Å². The highest BCUT2D eigenvalue weighted by atomic mass is 79.9. The predicted octanol–water partition coefficient (Wildman–Crippen LogP) is 5.38. The van der Waals surface area contributed by atoms with E-state index in [1.165, 1.54) is 17.0 Å². The Morgan fingerprint density at radius 3 is 2.30 bits per heavy atom. The fourth-order valence-electron chi connectivity index (χ4n) is 4.07. The second kappa shape index (κ2) is 14.9. The summed E-state index contributed by atoms with van der Waals surface area (Å²) in [5.74, 6) is -0.217. The highest BCUT2D eigenvalue weighted by Gasteiger charge is 2.32. The number of hydrogen-bond acceptors (Lipinski definition) is 5. The van der Waals surface area contributed by atoms with Gasteiger partial charge in [0.2, 0.25) is 11.8 Å². The SMILES string of the molecule is CCCCNC(=O)C(C)N(Cc1cccc(Br)c1)C(=O)CN(c1ccc(OCC)cc1)S(=O)(=O)c1ccccc1. The van der Waals surface area contributed by atoms with Crippen molar-refractivity contribution in [1.82, 2.24) is 10.2 Å². The number of benzene rings is 3. The molecule has 1 unspecified atom stereocenters. The predicted molar refractivity (Wildman–Crippen MR) is 161 cm³/mol. The molecule has 40 heavy (non-hydrogen) atoms. The summed E-state index contributed by atoms with van der Waals surface area (Å²) in [5.41, 5.74) is 1.11. The molecule has 1 N–H and O–H groups in total. The highest BCUT2D eigenvalue weighted by Crippen LogP contribution is 2.27. The van der Waals surface area contributed by atoms with Gasteiger partial charge in [0, 0.05) is 17.6 Å². The number of unbranched alkanes of at least 4 members (excludes halogenated alkanes) is 1. The van der Waals surface area contributed by atoms with Gasteiger partial charge in [0.15, 0.2) is 0 Å². The number of carbonyl (C=O) groups excluding carboxylic acids is 2. The largest absolute Gasteiger partial charge is 0.494 e. The van der Waals surface area contributed by atoms with Gasteiger partial charge >= 0.3 is 0 Å². The average molecular weight is 631 g/mol. The van der Waals surface area contributed by atoms with Crippen molar-refractivity contribution in [2.24, 2.45) is 0 Å².